The maximum Gasteiger partial charge on any atom is 0.143 e. The summed E-state index contributed by atoms with van der Waals surface area (Å²) in [5.41, 5.74) is 6.71. The summed E-state index contributed by atoms with van der Waals surface area (Å²) in [7, 11) is 0. The molecule has 1 aliphatic rings. The van der Waals surface area contributed by atoms with E-state index in [1.807, 2.05) is 6.20 Å². The van der Waals surface area contributed by atoms with Crippen molar-refractivity contribution in [1.29, 1.82) is 0 Å². The number of hydrogen-bond acceptors (Lipinski definition) is 3. The van der Waals surface area contributed by atoms with Crippen LogP contribution in [0.3, 0.4) is 0 Å². The first-order valence-corrected chi connectivity index (χ1v) is 5.38. The Balaban J connectivity index is 2.25. The Hall–Kier alpha value is -0.360. The van der Waals surface area contributed by atoms with Gasteiger partial charge in [0.2, 0.25) is 0 Å². The minimum atomic E-state index is 0.408. The van der Waals surface area contributed by atoms with Gasteiger partial charge in [-0.2, -0.15) is 0 Å². The van der Waals surface area contributed by atoms with E-state index in [0.29, 0.717) is 12.6 Å². The third-order valence-corrected chi connectivity index (χ3v) is 2.92. The van der Waals surface area contributed by atoms with Crippen LogP contribution in [0, 0.1) is 3.57 Å². The third kappa shape index (κ3) is 2.11. The highest BCUT2D eigenvalue weighted by molar-refractivity contribution is 14.1. The van der Waals surface area contributed by atoms with E-state index in [4.69, 9.17) is 10.5 Å². The molecule has 1 aromatic heterocycles. The summed E-state index contributed by atoms with van der Waals surface area (Å²) >= 11 is 2.23. The van der Waals surface area contributed by atoms with Gasteiger partial charge in [-0.25, -0.2) is 0 Å². The van der Waals surface area contributed by atoms with Crippen molar-refractivity contribution in [3.05, 3.63) is 21.5 Å². The van der Waals surface area contributed by atoms with E-state index < -0.39 is 0 Å². The molecule has 1 aliphatic carbocycles. The van der Waals surface area contributed by atoms with Crippen LogP contribution in [0.5, 0.6) is 5.75 Å². The zero-order chi connectivity index (χ0) is 9.26. The van der Waals surface area contributed by atoms with E-state index in [2.05, 4.69) is 27.6 Å². The first-order chi connectivity index (χ1) is 6.31. The van der Waals surface area contributed by atoms with Crippen LogP contribution in [-0.2, 0) is 6.54 Å². The van der Waals surface area contributed by atoms with E-state index in [1.54, 1.807) is 6.20 Å². The van der Waals surface area contributed by atoms with E-state index in [1.165, 1.54) is 0 Å². The Bertz CT molecular complexity index is 312. The molecule has 1 aromatic rings. The predicted octanol–water partition coefficient (Wildman–Crippen LogP) is 1.69. The minimum absolute atomic E-state index is 0.408. The summed E-state index contributed by atoms with van der Waals surface area (Å²) in [6.45, 7) is 0.517. The molecule has 1 saturated carbocycles. The number of nitrogens with two attached hydrogens (primary N) is 1. The predicted molar refractivity (Wildman–Crippen MR) is 58.5 cm³/mol. The van der Waals surface area contributed by atoms with E-state index in [0.717, 1.165) is 27.7 Å². The Kier molecular flexibility index (Phi) is 2.69. The van der Waals surface area contributed by atoms with Gasteiger partial charge in [0.25, 0.3) is 0 Å². The molecule has 0 spiro atoms. The maximum atomic E-state index is 5.68. The van der Waals surface area contributed by atoms with Crippen molar-refractivity contribution in [2.24, 2.45) is 5.73 Å². The van der Waals surface area contributed by atoms with E-state index in [-0.39, 0.29) is 0 Å². The zero-order valence-electron chi connectivity index (χ0n) is 7.16. The number of pyridine rings is 1. The smallest absolute Gasteiger partial charge is 0.143 e. The Morgan fingerprint density at radius 1 is 1.54 bits per heavy atom. The van der Waals surface area contributed by atoms with Crippen molar-refractivity contribution >= 4 is 22.6 Å². The highest BCUT2D eigenvalue weighted by Gasteiger charge is 2.24. The van der Waals surface area contributed by atoms with Crippen molar-refractivity contribution in [3.8, 4) is 5.75 Å². The molecule has 0 atom stereocenters. The molecule has 0 bridgehead atoms. The van der Waals surface area contributed by atoms with Crippen LogP contribution in [0.15, 0.2) is 12.4 Å². The van der Waals surface area contributed by atoms with Crippen molar-refractivity contribution in [2.45, 2.75) is 25.5 Å². The van der Waals surface area contributed by atoms with Crippen LogP contribution in [-0.4, -0.2) is 11.1 Å². The molecule has 0 aliphatic heterocycles. The quantitative estimate of drug-likeness (QED) is 0.862. The lowest BCUT2D eigenvalue weighted by atomic mass is 10.2. The number of halogens is 1. The van der Waals surface area contributed by atoms with Gasteiger partial charge in [0, 0.05) is 21.9 Å². The summed E-state index contributed by atoms with van der Waals surface area (Å²) in [6, 6.07) is 0. The van der Waals surface area contributed by atoms with Crippen LogP contribution >= 0.6 is 22.6 Å². The Morgan fingerprint density at radius 2 is 2.31 bits per heavy atom. The molecule has 2 rings (SSSR count). The number of ether oxygens (including phenoxy) is 1. The minimum Gasteiger partial charge on any atom is -0.488 e. The van der Waals surface area contributed by atoms with Crippen molar-refractivity contribution in [3.63, 3.8) is 0 Å². The monoisotopic (exact) mass is 290 g/mol. The first-order valence-electron chi connectivity index (χ1n) is 4.30. The average molecular weight is 290 g/mol. The van der Waals surface area contributed by atoms with Crippen LogP contribution in [0.2, 0.25) is 0 Å². The zero-order valence-corrected chi connectivity index (χ0v) is 9.32. The summed E-state index contributed by atoms with van der Waals surface area (Å²) in [5.74, 6) is 0.858. The second kappa shape index (κ2) is 3.79. The lowest BCUT2D eigenvalue weighted by Crippen LogP contribution is -2.06. The summed E-state index contributed by atoms with van der Waals surface area (Å²) in [4.78, 5) is 4.09. The van der Waals surface area contributed by atoms with Crippen molar-refractivity contribution in [2.75, 3.05) is 0 Å². The molecular formula is C9H11IN2O. The fourth-order valence-electron chi connectivity index (χ4n) is 1.11. The van der Waals surface area contributed by atoms with Gasteiger partial charge in [0.15, 0.2) is 0 Å². The fraction of sp³-hybridized carbons (Fsp3) is 0.444. The maximum absolute atomic E-state index is 5.68. The Morgan fingerprint density at radius 3 is 2.92 bits per heavy atom. The van der Waals surface area contributed by atoms with E-state index >= 15 is 0 Å². The number of nitrogens with zero attached hydrogens (tertiary/aromatic N) is 1. The molecule has 1 fully saturated rings. The van der Waals surface area contributed by atoms with Crippen LogP contribution in [0.4, 0.5) is 0 Å². The third-order valence-electron chi connectivity index (χ3n) is 1.99. The van der Waals surface area contributed by atoms with Crippen molar-refractivity contribution < 1.29 is 4.74 Å². The molecule has 1 heterocycles. The SMILES string of the molecule is NCc1c(I)cncc1OC1CC1. The Labute approximate surface area is 90.8 Å². The molecule has 0 aromatic carbocycles. The lowest BCUT2D eigenvalue weighted by molar-refractivity contribution is 0.298. The summed E-state index contributed by atoms with van der Waals surface area (Å²) in [6.07, 6.45) is 6.29. The average Bonchev–Trinajstić information content (AvgIpc) is 2.89. The van der Waals surface area contributed by atoms with Gasteiger partial charge >= 0.3 is 0 Å². The number of aromatic nitrogens is 1. The van der Waals surface area contributed by atoms with Gasteiger partial charge in [-0.05, 0) is 35.4 Å². The van der Waals surface area contributed by atoms with Crippen molar-refractivity contribution in [1.82, 2.24) is 4.98 Å². The van der Waals surface area contributed by atoms with Gasteiger partial charge in [-0.1, -0.05) is 0 Å². The molecule has 2 N–H and O–H groups in total. The lowest BCUT2D eigenvalue weighted by Gasteiger charge is -2.09. The van der Waals surface area contributed by atoms with Gasteiger partial charge in [0.1, 0.15) is 5.75 Å². The number of hydrogen-bond donors (Lipinski definition) is 1. The topological polar surface area (TPSA) is 48.1 Å². The molecule has 0 amide bonds. The van der Waals surface area contributed by atoms with E-state index in [9.17, 15) is 0 Å². The standard InChI is InChI=1S/C9H11IN2O/c10-8-4-12-5-9(7(8)3-11)13-6-1-2-6/h4-6H,1-3,11H2. The molecule has 13 heavy (non-hydrogen) atoms. The second-order valence-electron chi connectivity index (χ2n) is 3.12. The normalized spacial score (nSPS) is 15.8. The molecule has 0 unspecified atom stereocenters. The highest BCUT2D eigenvalue weighted by Crippen LogP contribution is 2.30. The van der Waals surface area contributed by atoms with Gasteiger partial charge < -0.3 is 10.5 Å². The van der Waals surface area contributed by atoms with Gasteiger partial charge in [-0.3, -0.25) is 4.98 Å². The molecule has 3 nitrogen and oxygen atoms in total. The summed E-state index contributed by atoms with van der Waals surface area (Å²) in [5, 5.41) is 0. The highest BCUT2D eigenvalue weighted by atomic mass is 127. The molecule has 4 heteroatoms. The molecule has 70 valence electrons. The van der Waals surface area contributed by atoms with Crippen LogP contribution < -0.4 is 10.5 Å². The van der Waals surface area contributed by atoms with Gasteiger partial charge in [-0.15, -0.1) is 0 Å². The first kappa shape index (κ1) is 9.21. The fourth-order valence-corrected chi connectivity index (χ4v) is 1.76. The van der Waals surface area contributed by atoms with Crippen LogP contribution in [0.25, 0.3) is 0 Å². The van der Waals surface area contributed by atoms with Crippen LogP contribution in [0.1, 0.15) is 18.4 Å². The molecular weight excluding hydrogens is 279 g/mol. The largest absolute Gasteiger partial charge is 0.488 e. The molecule has 0 radical (unpaired) electrons. The van der Waals surface area contributed by atoms with Gasteiger partial charge in [0.05, 0.1) is 12.3 Å². The second-order valence-corrected chi connectivity index (χ2v) is 4.28. The molecule has 0 saturated heterocycles. The summed E-state index contributed by atoms with van der Waals surface area (Å²) < 4.78 is 6.76. The number of rotatable bonds is 3.